The number of hydroxylamine groups is 2. The quantitative estimate of drug-likeness (QED) is 0.650. The summed E-state index contributed by atoms with van der Waals surface area (Å²) in [6.07, 6.45) is 1.50. The first kappa shape index (κ1) is 16.2. The number of carbonyl (C=O) groups excluding carboxylic acids is 4. The Morgan fingerprint density at radius 3 is 2.50 bits per heavy atom. The number of likely N-dealkylation sites (tertiary alicyclic amines) is 1. The molecule has 122 valence electrons. The van der Waals surface area contributed by atoms with Crippen LogP contribution in [0.4, 0.5) is 4.79 Å². The first-order valence-electron chi connectivity index (χ1n) is 7.30. The third kappa shape index (κ3) is 4.42. The molecule has 0 saturated carbocycles. The van der Waals surface area contributed by atoms with Gasteiger partial charge >= 0.3 is 6.09 Å². The Balaban J connectivity index is 1.78. The van der Waals surface area contributed by atoms with E-state index >= 15 is 0 Å². The Bertz CT molecular complexity index is 465. The van der Waals surface area contributed by atoms with Crippen LogP contribution < -0.4 is 11.1 Å². The molecule has 9 heteroatoms. The van der Waals surface area contributed by atoms with E-state index in [1.54, 1.807) is 0 Å². The number of nitrogens with two attached hydrogens (primary N) is 1. The Kier molecular flexibility index (Phi) is 5.31. The van der Waals surface area contributed by atoms with Crippen molar-refractivity contribution >= 4 is 23.8 Å². The molecule has 0 aliphatic carbocycles. The van der Waals surface area contributed by atoms with Crippen molar-refractivity contribution in [2.45, 2.75) is 38.1 Å². The molecular weight excluding hydrogens is 292 g/mol. The van der Waals surface area contributed by atoms with Gasteiger partial charge in [0.15, 0.2) is 0 Å². The minimum Gasteiger partial charge on any atom is -0.369 e. The van der Waals surface area contributed by atoms with Gasteiger partial charge in [0.25, 0.3) is 11.8 Å². The molecule has 2 fully saturated rings. The highest BCUT2D eigenvalue weighted by atomic mass is 16.7. The van der Waals surface area contributed by atoms with E-state index in [1.807, 2.05) is 4.90 Å². The Morgan fingerprint density at radius 2 is 1.86 bits per heavy atom. The van der Waals surface area contributed by atoms with Crippen LogP contribution in [0.15, 0.2) is 0 Å². The summed E-state index contributed by atoms with van der Waals surface area (Å²) in [5.74, 6) is -1.39. The van der Waals surface area contributed by atoms with Crippen LogP contribution in [0.25, 0.3) is 0 Å². The number of nitrogens with one attached hydrogen (secondary N) is 1. The molecule has 2 aliphatic rings. The van der Waals surface area contributed by atoms with Gasteiger partial charge in [-0.25, -0.2) is 4.79 Å². The topological polar surface area (TPSA) is 122 Å². The number of hydrogen-bond acceptors (Lipinski definition) is 6. The van der Waals surface area contributed by atoms with E-state index in [4.69, 9.17) is 10.6 Å². The predicted octanol–water partition coefficient (Wildman–Crippen LogP) is -0.884. The second-order valence-corrected chi connectivity index (χ2v) is 5.48. The fraction of sp³-hybridized carbons (Fsp3) is 0.692. The third-order valence-electron chi connectivity index (χ3n) is 3.70. The predicted molar refractivity (Wildman–Crippen MR) is 74.0 cm³/mol. The maximum absolute atomic E-state index is 11.8. The lowest BCUT2D eigenvalue weighted by atomic mass is 10.1. The highest BCUT2D eigenvalue weighted by Crippen LogP contribution is 2.14. The monoisotopic (exact) mass is 312 g/mol. The molecule has 0 unspecified atom stereocenters. The molecule has 0 aromatic rings. The van der Waals surface area contributed by atoms with Gasteiger partial charge in [-0.15, -0.1) is 5.06 Å². The number of imide groups is 1. The van der Waals surface area contributed by atoms with Crippen molar-refractivity contribution in [3.63, 3.8) is 0 Å². The number of primary amides is 1. The maximum Gasteiger partial charge on any atom is 0.432 e. The van der Waals surface area contributed by atoms with Gasteiger partial charge in [0.1, 0.15) is 0 Å². The van der Waals surface area contributed by atoms with E-state index in [-0.39, 0.29) is 31.3 Å². The van der Waals surface area contributed by atoms with Gasteiger partial charge in [0, 0.05) is 25.4 Å². The van der Waals surface area contributed by atoms with Crippen molar-refractivity contribution in [1.82, 2.24) is 15.3 Å². The number of nitrogens with zero attached hydrogens (tertiary/aromatic N) is 2. The van der Waals surface area contributed by atoms with Crippen LogP contribution in [0.3, 0.4) is 0 Å². The van der Waals surface area contributed by atoms with E-state index in [9.17, 15) is 19.2 Å². The Hall–Kier alpha value is -2.16. The van der Waals surface area contributed by atoms with Crippen molar-refractivity contribution in [2.75, 3.05) is 19.6 Å². The van der Waals surface area contributed by atoms with Crippen molar-refractivity contribution in [1.29, 1.82) is 0 Å². The lowest BCUT2D eigenvalue weighted by Crippen LogP contribution is -2.42. The largest absolute Gasteiger partial charge is 0.432 e. The van der Waals surface area contributed by atoms with E-state index in [1.165, 1.54) is 0 Å². The fourth-order valence-electron chi connectivity index (χ4n) is 2.61. The molecular formula is C13H20N4O5. The highest BCUT2D eigenvalue weighted by Gasteiger charge is 2.33. The van der Waals surface area contributed by atoms with E-state index in [0.29, 0.717) is 18.0 Å². The van der Waals surface area contributed by atoms with Gasteiger partial charge < -0.3 is 15.9 Å². The van der Waals surface area contributed by atoms with Crippen molar-refractivity contribution in [2.24, 2.45) is 5.73 Å². The molecule has 0 aromatic carbocycles. The Morgan fingerprint density at radius 1 is 1.18 bits per heavy atom. The molecule has 2 aliphatic heterocycles. The van der Waals surface area contributed by atoms with Crippen LogP contribution in [0.5, 0.6) is 0 Å². The minimum absolute atomic E-state index is 0.0671. The minimum atomic E-state index is -0.808. The average molecular weight is 312 g/mol. The van der Waals surface area contributed by atoms with Gasteiger partial charge in [-0.1, -0.05) is 0 Å². The average Bonchev–Trinajstić information content (AvgIpc) is 2.64. The molecule has 2 heterocycles. The highest BCUT2D eigenvalue weighted by molar-refractivity contribution is 6.01. The zero-order chi connectivity index (χ0) is 16.1. The fourth-order valence-corrected chi connectivity index (χ4v) is 2.61. The number of rotatable bonds is 4. The van der Waals surface area contributed by atoms with E-state index in [2.05, 4.69) is 5.32 Å². The molecule has 1 atom stereocenters. The Labute approximate surface area is 127 Å². The maximum atomic E-state index is 11.8. The van der Waals surface area contributed by atoms with Gasteiger partial charge in [0.2, 0.25) is 5.91 Å². The first-order valence-corrected chi connectivity index (χ1v) is 7.30. The zero-order valence-electron chi connectivity index (χ0n) is 12.2. The third-order valence-corrected chi connectivity index (χ3v) is 3.70. The molecule has 0 spiro atoms. The molecule has 0 radical (unpaired) electrons. The van der Waals surface area contributed by atoms with E-state index < -0.39 is 17.9 Å². The lowest BCUT2D eigenvalue weighted by Gasteiger charge is -2.19. The summed E-state index contributed by atoms with van der Waals surface area (Å²) in [5, 5.41) is 3.17. The molecule has 0 bridgehead atoms. The molecule has 3 N–H and O–H groups in total. The van der Waals surface area contributed by atoms with Gasteiger partial charge in [-0.3, -0.25) is 19.3 Å². The normalized spacial score (nSPS) is 23.3. The summed E-state index contributed by atoms with van der Waals surface area (Å²) >= 11 is 0. The summed E-state index contributed by atoms with van der Waals surface area (Å²) in [4.78, 5) is 52.1. The van der Waals surface area contributed by atoms with Crippen LogP contribution in [0, 0.1) is 0 Å². The summed E-state index contributed by atoms with van der Waals surface area (Å²) < 4.78 is 0. The van der Waals surface area contributed by atoms with Crippen LogP contribution in [0.2, 0.25) is 0 Å². The molecule has 4 amide bonds. The van der Waals surface area contributed by atoms with Crippen LogP contribution >= 0.6 is 0 Å². The summed E-state index contributed by atoms with van der Waals surface area (Å²) in [6.45, 7) is 1.57. The van der Waals surface area contributed by atoms with Crippen molar-refractivity contribution in [3.05, 3.63) is 0 Å². The van der Waals surface area contributed by atoms with Crippen LogP contribution in [0.1, 0.15) is 32.1 Å². The summed E-state index contributed by atoms with van der Waals surface area (Å²) in [5.41, 5.74) is 5.17. The second-order valence-electron chi connectivity index (χ2n) is 5.48. The number of hydrogen-bond donors (Lipinski definition) is 2. The van der Waals surface area contributed by atoms with Crippen molar-refractivity contribution < 1.29 is 24.0 Å². The van der Waals surface area contributed by atoms with Crippen LogP contribution in [-0.2, 0) is 19.2 Å². The molecule has 22 heavy (non-hydrogen) atoms. The molecule has 0 aromatic heterocycles. The molecule has 9 nitrogen and oxygen atoms in total. The molecule has 2 saturated heterocycles. The van der Waals surface area contributed by atoms with Crippen LogP contribution in [-0.4, -0.2) is 59.5 Å². The van der Waals surface area contributed by atoms with Gasteiger partial charge in [-0.2, -0.15) is 0 Å². The number of amides is 4. The van der Waals surface area contributed by atoms with Gasteiger partial charge in [-0.05, 0) is 25.8 Å². The first-order chi connectivity index (χ1) is 10.5. The summed E-state index contributed by atoms with van der Waals surface area (Å²) in [6, 6.07) is -0.127. The summed E-state index contributed by atoms with van der Waals surface area (Å²) in [7, 11) is 0. The smallest absolute Gasteiger partial charge is 0.369 e. The van der Waals surface area contributed by atoms with Crippen molar-refractivity contribution in [3.8, 4) is 0 Å². The lowest BCUT2D eigenvalue weighted by molar-refractivity contribution is -0.171. The number of carbonyl (C=O) groups is 4. The van der Waals surface area contributed by atoms with E-state index in [0.717, 1.165) is 19.4 Å². The van der Waals surface area contributed by atoms with Gasteiger partial charge in [0.05, 0.1) is 6.54 Å². The standard InChI is InChI=1S/C13H20N4O5/c14-10(18)8-16-6-1-2-9(5-7-16)15-13(21)22-17-11(19)3-4-12(17)20/h9H,1-8H2,(H2,14,18)(H,15,21)/t9-/m0/s1. The zero-order valence-corrected chi connectivity index (χ0v) is 12.2. The molecule has 2 rings (SSSR count). The second kappa shape index (κ2) is 7.21. The SMILES string of the molecule is NC(=O)CN1CCC[C@H](NC(=O)ON2C(=O)CCC2=O)CC1.